The summed E-state index contributed by atoms with van der Waals surface area (Å²) in [5.74, 6) is -0.277. The Hall–Kier alpha value is -3.95. The highest BCUT2D eigenvalue weighted by Crippen LogP contribution is 2.32. The summed E-state index contributed by atoms with van der Waals surface area (Å²) in [6, 6.07) is 15.6. The Balaban J connectivity index is 1.77. The van der Waals surface area contributed by atoms with Crippen LogP contribution in [0.5, 0.6) is 0 Å². The molecule has 0 fully saturated rings. The molecule has 0 bridgehead atoms. The average Bonchev–Trinajstić information content (AvgIpc) is 2.95. The number of rotatable bonds is 14. The van der Waals surface area contributed by atoms with Crippen LogP contribution >= 0.6 is 0 Å². The molecule has 2 aromatic carbocycles. The van der Waals surface area contributed by atoms with E-state index in [9.17, 15) is 4.79 Å². The Bertz CT molecular complexity index is 1320. The van der Waals surface area contributed by atoms with Gasteiger partial charge in [0.15, 0.2) is 0 Å². The monoisotopic (exact) mass is 527 g/mol. The lowest BCUT2D eigenvalue weighted by Gasteiger charge is -2.15. The number of benzene rings is 2. The van der Waals surface area contributed by atoms with Crippen molar-refractivity contribution in [1.82, 2.24) is 15.6 Å². The second-order valence-corrected chi connectivity index (χ2v) is 9.05. The van der Waals surface area contributed by atoms with Crippen LogP contribution in [-0.4, -0.2) is 60.2 Å². The maximum Gasteiger partial charge on any atom is 0.274 e. The first-order valence-corrected chi connectivity index (χ1v) is 12.9. The summed E-state index contributed by atoms with van der Waals surface area (Å²) in [6.07, 6.45) is 8.80. The van der Waals surface area contributed by atoms with E-state index in [-0.39, 0.29) is 19.1 Å². The van der Waals surface area contributed by atoms with Crippen molar-refractivity contribution in [2.24, 2.45) is 0 Å². The van der Waals surface area contributed by atoms with E-state index in [0.717, 1.165) is 44.6 Å². The Morgan fingerprint density at radius 3 is 2.36 bits per heavy atom. The third-order valence-corrected chi connectivity index (χ3v) is 6.31. The van der Waals surface area contributed by atoms with Crippen molar-refractivity contribution in [3.05, 3.63) is 100 Å². The normalized spacial score (nSPS) is 11.6. The molecule has 0 saturated carbocycles. The van der Waals surface area contributed by atoms with Gasteiger partial charge in [-0.25, -0.2) is 0 Å². The summed E-state index contributed by atoms with van der Waals surface area (Å²) in [7, 11) is 0. The van der Waals surface area contributed by atoms with Crippen LogP contribution in [0, 0.1) is 19.3 Å². The molecule has 1 aromatic heterocycles. The van der Waals surface area contributed by atoms with Gasteiger partial charge in [0.05, 0.1) is 13.2 Å². The standard InChI is InChI=1S/C31H37N5O3/c1-22-26(7-3-6-24(18-32)19-33-14-16-37)8-4-9-27(22)28-10-5-11-29(23(28)2)36-31(39)30-13-12-25(21-35-30)20-34-15-17-38/h3-13,18,21,32-34,37-38H,14-17,19-20H2,1-2H3,(H,36,39)/b7-3+,24-6+,32-18?. The number of carbonyl (C=O) groups excluding carboxylic acids is 1. The van der Waals surface area contributed by atoms with Gasteiger partial charge in [0.2, 0.25) is 0 Å². The van der Waals surface area contributed by atoms with Gasteiger partial charge in [0.25, 0.3) is 5.91 Å². The van der Waals surface area contributed by atoms with Crippen LogP contribution in [0.15, 0.2) is 72.5 Å². The quantitative estimate of drug-likeness (QED) is 0.107. The van der Waals surface area contributed by atoms with Gasteiger partial charge in [0.1, 0.15) is 5.69 Å². The number of hydrogen-bond acceptors (Lipinski definition) is 7. The van der Waals surface area contributed by atoms with E-state index in [1.807, 2.05) is 61.5 Å². The van der Waals surface area contributed by atoms with Crippen LogP contribution in [0.25, 0.3) is 17.2 Å². The van der Waals surface area contributed by atoms with E-state index in [1.165, 1.54) is 6.21 Å². The number of amides is 1. The second kappa shape index (κ2) is 15.5. The largest absolute Gasteiger partial charge is 0.395 e. The summed E-state index contributed by atoms with van der Waals surface area (Å²) in [5, 5.41) is 34.5. The second-order valence-electron chi connectivity index (χ2n) is 9.05. The molecule has 0 unspecified atom stereocenters. The number of aliphatic hydroxyl groups excluding tert-OH is 2. The van der Waals surface area contributed by atoms with Gasteiger partial charge < -0.3 is 31.6 Å². The van der Waals surface area contributed by atoms with E-state index in [2.05, 4.69) is 33.9 Å². The number of pyridine rings is 1. The predicted octanol–water partition coefficient (Wildman–Crippen LogP) is 3.87. The van der Waals surface area contributed by atoms with Crippen molar-refractivity contribution in [1.29, 1.82) is 5.41 Å². The third kappa shape index (κ3) is 8.53. The number of nitrogens with one attached hydrogen (secondary N) is 4. The molecule has 204 valence electrons. The molecule has 1 heterocycles. The summed E-state index contributed by atoms with van der Waals surface area (Å²) < 4.78 is 0. The molecule has 0 aliphatic rings. The molecule has 3 aromatic rings. The summed E-state index contributed by atoms with van der Waals surface area (Å²) in [4.78, 5) is 17.2. The average molecular weight is 528 g/mol. The van der Waals surface area contributed by atoms with Gasteiger partial charge in [-0.3, -0.25) is 9.78 Å². The lowest BCUT2D eigenvalue weighted by atomic mass is 9.92. The van der Waals surface area contributed by atoms with Gasteiger partial charge in [-0.1, -0.05) is 54.6 Å². The minimum atomic E-state index is -0.277. The van der Waals surface area contributed by atoms with Gasteiger partial charge >= 0.3 is 0 Å². The van der Waals surface area contributed by atoms with E-state index in [1.54, 1.807) is 12.3 Å². The fourth-order valence-electron chi connectivity index (χ4n) is 4.10. The van der Waals surface area contributed by atoms with E-state index in [4.69, 9.17) is 15.6 Å². The first kappa shape index (κ1) is 29.6. The zero-order valence-electron chi connectivity index (χ0n) is 22.5. The van der Waals surface area contributed by atoms with Gasteiger partial charge in [-0.15, -0.1) is 0 Å². The number of allylic oxidation sites excluding steroid dienone is 2. The van der Waals surface area contributed by atoms with E-state index >= 15 is 0 Å². The lowest BCUT2D eigenvalue weighted by molar-refractivity contribution is 0.102. The highest BCUT2D eigenvalue weighted by Gasteiger charge is 2.13. The van der Waals surface area contributed by atoms with Crippen molar-refractivity contribution < 1.29 is 15.0 Å². The number of aliphatic hydroxyl groups is 2. The zero-order chi connectivity index (χ0) is 28.0. The molecule has 0 spiro atoms. The molecule has 0 saturated heterocycles. The Labute approximate surface area is 230 Å². The smallest absolute Gasteiger partial charge is 0.274 e. The van der Waals surface area contributed by atoms with Crippen LogP contribution < -0.4 is 16.0 Å². The van der Waals surface area contributed by atoms with Crippen LogP contribution in [0.1, 0.15) is 32.7 Å². The van der Waals surface area contributed by atoms with Crippen molar-refractivity contribution in [2.75, 3.05) is 38.2 Å². The molecular formula is C31H37N5O3. The van der Waals surface area contributed by atoms with Crippen molar-refractivity contribution >= 4 is 23.9 Å². The minimum Gasteiger partial charge on any atom is -0.395 e. The Morgan fingerprint density at radius 2 is 1.67 bits per heavy atom. The minimum absolute atomic E-state index is 0.0616. The number of carbonyl (C=O) groups is 1. The molecule has 8 heteroatoms. The maximum absolute atomic E-state index is 12.9. The van der Waals surface area contributed by atoms with Crippen molar-refractivity contribution in [2.45, 2.75) is 20.4 Å². The molecule has 0 aliphatic heterocycles. The van der Waals surface area contributed by atoms with Crippen LogP contribution in [0.4, 0.5) is 5.69 Å². The van der Waals surface area contributed by atoms with Gasteiger partial charge in [-0.2, -0.15) is 0 Å². The van der Waals surface area contributed by atoms with Gasteiger partial charge in [0, 0.05) is 44.3 Å². The topological polar surface area (TPSA) is 130 Å². The number of nitrogens with zero attached hydrogens (tertiary/aromatic N) is 1. The summed E-state index contributed by atoms with van der Waals surface area (Å²) in [5.41, 5.74) is 8.03. The molecule has 6 N–H and O–H groups in total. The van der Waals surface area contributed by atoms with Crippen LogP contribution in [0.3, 0.4) is 0 Å². The summed E-state index contributed by atoms with van der Waals surface area (Å²) in [6.45, 7) is 6.29. The SMILES string of the molecule is Cc1c(/C=C/C=C(\C=N)CNCCO)cccc1-c1cccc(NC(=O)c2ccc(CNCCO)cn2)c1C. The van der Waals surface area contributed by atoms with Crippen LogP contribution in [0.2, 0.25) is 0 Å². The lowest BCUT2D eigenvalue weighted by Crippen LogP contribution is -2.21. The Morgan fingerprint density at radius 1 is 0.949 bits per heavy atom. The van der Waals surface area contributed by atoms with Gasteiger partial charge in [-0.05, 0) is 64.9 Å². The van der Waals surface area contributed by atoms with Crippen molar-refractivity contribution in [3.8, 4) is 11.1 Å². The highest BCUT2D eigenvalue weighted by atomic mass is 16.3. The van der Waals surface area contributed by atoms with Crippen LogP contribution in [-0.2, 0) is 6.54 Å². The van der Waals surface area contributed by atoms with E-state index in [0.29, 0.717) is 31.9 Å². The number of aromatic nitrogens is 1. The molecule has 0 atom stereocenters. The third-order valence-electron chi connectivity index (χ3n) is 6.31. The number of anilines is 1. The summed E-state index contributed by atoms with van der Waals surface area (Å²) >= 11 is 0. The fraction of sp³-hybridized carbons (Fsp3) is 0.258. The first-order chi connectivity index (χ1) is 19.0. The van der Waals surface area contributed by atoms with E-state index < -0.39 is 0 Å². The van der Waals surface area contributed by atoms with Crippen molar-refractivity contribution in [3.63, 3.8) is 0 Å². The molecular weight excluding hydrogens is 490 g/mol. The molecule has 0 radical (unpaired) electrons. The molecule has 3 rings (SSSR count). The fourth-order valence-corrected chi connectivity index (χ4v) is 4.10. The molecule has 39 heavy (non-hydrogen) atoms. The molecule has 8 nitrogen and oxygen atoms in total. The number of hydrogen-bond donors (Lipinski definition) is 6. The maximum atomic E-state index is 12.9. The predicted molar refractivity (Wildman–Crippen MR) is 158 cm³/mol. The first-order valence-electron chi connectivity index (χ1n) is 12.9. The zero-order valence-corrected chi connectivity index (χ0v) is 22.5. The highest BCUT2D eigenvalue weighted by molar-refractivity contribution is 6.03. The Kier molecular flexibility index (Phi) is 11.7. The molecule has 0 aliphatic carbocycles. The molecule has 1 amide bonds.